The molecule has 16 rings (SSSR count). The molecule has 35 heteroatoms. The monoisotopic (exact) mass is 2100 g/mol. The van der Waals surface area contributed by atoms with Crippen LogP contribution in [0.4, 0.5) is 13.2 Å². The van der Waals surface area contributed by atoms with Gasteiger partial charge in [-0.15, -0.1) is 0 Å². The maximum Gasteiger partial charge on any atom is 2.00 e. The van der Waals surface area contributed by atoms with E-state index in [9.17, 15) is 13.2 Å². The van der Waals surface area contributed by atoms with Crippen molar-refractivity contribution >= 4 is 0 Å². The molecule has 0 N–H and O–H groups in total. The van der Waals surface area contributed by atoms with Crippen LogP contribution < -0.4 is 40.8 Å². The molecule has 16 heterocycles. The van der Waals surface area contributed by atoms with Gasteiger partial charge >= 0.3 is 90.4 Å². The predicted octanol–water partition coefficient (Wildman–Crippen LogP) is 9.55. The Morgan fingerprint density at radius 1 is 0.262 bits per heavy atom. The largest absolute Gasteiger partial charge is 2.00 e. The Morgan fingerprint density at radius 3 is 0.718 bits per heavy atom. The van der Waals surface area contributed by atoms with Crippen molar-refractivity contribution in [1.29, 1.82) is 0 Å². The summed E-state index contributed by atoms with van der Waals surface area (Å²) in [7, 11) is 0. The molecular formula is C68H57F3N28Pt4. The van der Waals surface area contributed by atoms with Crippen molar-refractivity contribution in [3.05, 3.63) is 266 Å². The van der Waals surface area contributed by atoms with Gasteiger partial charge in [0.2, 0.25) is 0 Å². The third kappa shape index (κ3) is 27.2. The molecule has 0 aliphatic carbocycles. The fourth-order valence-corrected chi connectivity index (χ4v) is 7.89. The van der Waals surface area contributed by atoms with Gasteiger partial charge in [0.15, 0.2) is 0 Å². The van der Waals surface area contributed by atoms with Crippen LogP contribution in [-0.4, -0.2) is 101 Å². The number of halogens is 3. The van der Waals surface area contributed by atoms with Crippen LogP contribution in [0.15, 0.2) is 220 Å². The summed E-state index contributed by atoms with van der Waals surface area (Å²) >= 11 is 0. The summed E-state index contributed by atoms with van der Waals surface area (Å²) in [5.41, 5.74) is 13.8. The molecular weight excluding hydrogens is 2050 g/mol. The quantitative estimate of drug-likeness (QED) is 0.136. The SMILES string of the molecule is Cc1cc(-c2ccccn2)[n-]n1.Cc1cc(-c2ccccn2)[n-]n1.Cc1cc(-c2ccccn2)[n-]n1.Cc1cc(-c2cnccn2)[n-]n1.Cc1cc(-c2cnccn2)[n-]n1.Cc1n[n-]c(-c2ccccn2)n1.Cc1n[n-]c(-c2ccccn2)n1.FC(F)(F)c1cc(-c2ccccn2)[n-]n1.[Pt+2].[Pt+2].[Pt+2].[Pt+2]. The first-order chi connectivity index (χ1) is 48.1. The van der Waals surface area contributed by atoms with Crippen molar-refractivity contribution in [2.75, 3.05) is 0 Å². The minimum absolute atomic E-state index is 0. The summed E-state index contributed by atoms with van der Waals surface area (Å²) in [5, 5.41) is 61.0. The molecule has 0 spiro atoms. The van der Waals surface area contributed by atoms with E-state index in [1.54, 1.807) is 100 Å². The van der Waals surface area contributed by atoms with E-state index in [0.717, 1.165) is 103 Å². The summed E-state index contributed by atoms with van der Waals surface area (Å²) in [4.78, 5) is 48.8. The van der Waals surface area contributed by atoms with E-state index in [4.69, 9.17) is 0 Å². The first kappa shape index (κ1) is 82.8. The van der Waals surface area contributed by atoms with Crippen molar-refractivity contribution in [2.45, 2.75) is 54.6 Å². The first-order valence-corrected chi connectivity index (χ1v) is 29.7. The molecule has 0 aliphatic heterocycles. The molecule has 0 unspecified atom stereocenters. The summed E-state index contributed by atoms with van der Waals surface area (Å²) < 4.78 is 36.6. The zero-order valence-electron chi connectivity index (χ0n) is 55.2. The second kappa shape index (κ2) is 43.1. The Hall–Kier alpha value is -10.9. The Kier molecular flexibility index (Phi) is 34.6. The normalized spacial score (nSPS) is 9.92. The maximum atomic E-state index is 12.2. The molecule has 0 radical (unpaired) electrons. The number of hydrogen-bond donors (Lipinski definition) is 0. The van der Waals surface area contributed by atoms with Gasteiger partial charge in [-0.05, 0) is 139 Å². The van der Waals surface area contributed by atoms with Crippen LogP contribution in [0.1, 0.15) is 45.8 Å². The van der Waals surface area contributed by atoms with Gasteiger partial charge in [0, 0.05) is 125 Å². The molecule has 0 saturated heterocycles. The van der Waals surface area contributed by atoms with Gasteiger partial charge in [-0.3, -0.25) is 60.0 Å². The Balaban J connectivity index is 0.000000211. The molecule has 103 heavy (non-hydrogen) atoms. The molecule has 28 nitrogen and oxygen atoms in total. The Bertz CT molecular complexity index is 4140. The van der Waals surface area contributed by atoms with Gasteiger partial charge in [0.25, 0.3) is 0 Å². The van der Waals surface area contributed by atoms with Gasteiger partial charge in [0.05, 0.1) is 35.2 Å². The molecule has 0 saturated carbocycles. The van der Waals surface area contributed by atoms with E-state index < -0.39 is 11.9 Å². The minimum atomic E-state index is -4.46. The van der Waals surface area contributed by atoms with Crippen LogP contribution in [0.2, 0.25) is 0 Å². The second-order valence-electron chi connectivity index (χ2n) is 20.3. The Morgan fingerprint density at radius 2 is 0.515 bits per heavy atom. The van der Waals surface area contributed by atoms with E-state index >= 15 is 0 Å². The summed E-state index contributed by atoms with van der Waals surface area (Å²) in [6, 6.07) is 43.7. The van der Waals surface area contributed by atoms with E-state index in [0.29, 0.717) is 29.0 Å². The zero-order chi connectivity index (χ0) is 69.6. The summed E-state index contributed by atoms with van der Waals surface area (Å²) in [6.07, 6.45) is 15.6. The molecule has 0 aromatic carbocycles. The molecule has 0 atom stereocenters. The average Bonchev–Trinajstić information content (AvgIpc) is 1.70. The number of rotatable bonds is 8. The summed E-state index contributed by atoms with van der Waals surface area (Å²) in [6.45, 7) is 13.1. The van der Waals surface area contributed by atoms with Gasteiger partial charge < -0.3 is 81.3 Å². The van der Waals surface area contributed by atoms with Gasteiger partial charge in [-0.1, -0.05) is 101 Å². The van der Waals surface area contributed by atoms with E-state index in [1.807, 2.05) is 156 Å². The molecule has 530 valence electrons. The number of pyridine rings is 6. The first-order valence-electron chi connectivity index (χ1n) is 29.7. The molecule has 0 bridgehead atoms. The van der Waals surface area contributed by atoms with E-state index in [2.05, 4.69) is 141 Å². The van der Waals surface area contributed by atoms with Crippen molar-refractivity contribution < 1.29 is 97.4 Å². The fraction of sp³-hybridized carbons (Fsp3) is 0.118. The van der Waals surface area contributed by atoms with Crippen LogP contribution in [0.5, 0.6) is 0 Å². The smallest absolute Gasteiger partial charge is 0.574 e. The third-order valence-electron chi connectivity index (χ3n) is 12.4. The number of nitrogens with zero attached hydrogens (tertiary/aromatic N) is 28. The van der Waals surface area contributed by atoms with Crippen LogP contribution in [-0.2, 0) is 90.4 Å². The average molecular weight is 2100 g/mol. The van der Waals surface area contributed by atoms with Crippen LogP contribution in [0.3, 0.4) is 0 Å². The predicted molar refractivity (Wildman–Crippen MR) is 356 cm³/mol. The number of aryl methyl sites for hydroxylation is 7. The molecule has 0 amide bonds. The van der Waals surface area contributed by atoms with Crippen molar-refractivity contribution in [3.8, 4) is 91.4 Å². The zero-order valence-corrected chi connectivity index (χ0v) is 64.3. The fourth-order valence-electron chi connectivity index (χ4n) is 7.89. The van der Waals surface area contributed by atoms with Crippen molar-refractivity contribution in [1.82, 2.24) is 141 Å². The Labute approximate surface area is 645 Å². The topological polar surface area (TPSA) is 371 Å². The van der Waals surface area contributed by atoms with E-state index in [1.165, 1.54) is 6.20 Å². The second-order valence-corrected chi connectivity index (χ2v) is 20.3. The van der Waals surface area contributed by atoms with Crippen molar-refractivity contribution in [2.24, 2.45) is 0 Å². The third-order valence-corrected chi connectivity index (χ3v) is 12.4. The van der Waals surface area contributed by atoms with Gasteiger partial charge in [-0.25, -0.2) is 0 Å². The van der Waals surface area contributed by atoms with Crippen LogP contribution in [0.25, 0.3) is 91.4 Å². The summed E-state index contributed by atoms with van der Waals surface area (Å²) in [5.74, 6) is 2.53. The van der Waals surface area contributed by atoms with Crippen LogP contribution in [0, 0.1) is 48.5 Å². The number of hydrogen-bond acceptors (Lipinski definition) is 20. The molecule has 16 aromatic rings. The molecule has 16 aromatic heterocycles. The standard InChI is InChI=1S/C9H5F3N3.3C9H8N3.4C8H7N4.4Pt/c10-9(11,12)8-5-7(14-15-8)6-3-1-2-4-13-6;3*1-7-6-9(12-11-7)8-4-2-3-5-10-8;2*1-6-4-7(12-11-6)8-5-9-2-3-10-8;2*1-6-10-8(12-11-6)7-4-2-3-5-9-7;;;;/h1-5H;3*2-6H,1H3;4*2-5H,1H3;;;;/q8*-1;4*+2. The van der Waals surface area contributed by atoms with Gasteiger partial charge in [0.1, 0.15) is 5.69 Å². The number of alkyl halides is 3. The van der Waals surface area contributed by atoms with Crippen molar-refractivity contribution in [3.63, 3.8) is 0 Å². The molecule has 0 fully saturated rings. The van der Waals surface area contributed by atoms with Gasteiger partial charge in [-0.2, -0.15) is 13.2 Å². The van der Waals surface area contributed by atoms with Crippen LogP contribution >= 0.6 is 0 Å². The molecule has 0 aliphatic rings. The van der Waals surface area contributed by atoms with E-state index in [-0.39, 0.29) is 90.0 Å². The maximum absolute atomic E-state index is 12.2. The minimum Gasteiger partial charge on any atom is -0.574 e. The number of aromatic nitrogens is 28.